The summed E-state index contributed by atoms with van der Waals surface area (Å²) in [5, 5.41) is 3.49. The fourth-order valence-corrected chi connectivity index (χ4v) is 2.18. The number of hydrogen-bond acceptors (Lipinski definition) is 1. The van der Waals surface area contributed by atoms with Gasteiger partial charge in [0.05, 0.1) is 0 Å². The average molecular weight is 219 g/mol. The molecule has 2 rings (SSSR count). The van der Waals surface area contributed by atoms with E-state index in [1.165, 1.54) is 18.4 Å². The Morgan fingerprint density at radius 2 is 2.00 bits per heavy atom. The number of rotatable bonds is 5. The smallest absolute Gasteiger partial charge is 0.123 e. The second-order valence-corrected chi connectivity index (χ2v) is 4.45. The molecule has 2 heteroatoms. The first-order chi connectivity index (χ1) is 7.79. The maximum atomic E-state index is 12.7. The van der Waals surface area contributed by atoms with Crippen LogP contribution in [0.25, 0.3) is 0 Å². The van der Waals surface area contributed by atoms with Gasteiger partial charge in [0, 0.05) is 6.04 Å². The van der Waals surface area contributed by atoms with Gasteiger partial charge in [0.2, 0.25) is 0 Å². The maximum Gasteiger partial charge on any atom is 0.123 e. The Hall–Kier alpha value is -1.15. The topological polar surface area (TPSA) is 12.0 Å². The molecule has 0 amide bonds. The molecule has 0 atom stereocenters. The van der Waals surface area contributed by atoms with E-state index >= 15 is 0 Å². The first-order valence-electron chi connectivity index (χ1n) is 5.89. The molecule has 0 unspecified atom stereocenters. The monoisotopic (exact) mass is 219 g/mol. The molecule has 1 aliphatic carbocycles. The molecule has 0 heterocycles. The van der Waals surface area contributed by atoms with E-state index in [1.54, 1.807) is 12.1 Å². The molecule has 1 aromatic carbocycles. The van der Waals surface area contributed by atoms with Crippen LogP contribution in [-0.2, 0) is 0 Å². The van der Waals surface area contributed by atoms with Gasteiger partial charge in [-0.1, -0.05) is 18.2 Å². The van der Waals surface area contributed by atoms with Gasteiger partial charge in [-0.05, 0) is 49.4 Å². The minimum atomic E-state index is -0.149. The highest BCUT2D eigenvalue weighted by atomic mass is 19.1. The molecule has 0 spiro atoms. The molecule has 1 N–H and O–H groups in total. The predicted octanol–water partition coefficient (Wildman–Crippen LogP) is 3.24. The lowest BCUT2D eigenvalue weighted by atomic mass is 9.76. The molecular weight excluding hydrogens is 201 g/mol. The summed E-state index contributed by atoms with van der Waals surface area (Å²) in [5.74, 6) is 0.463. The van der Waals surface area contributed by atoms with Crippen LogP contribution in [0.4, 0.5) is 4.39 Å². The summed E-state index contributed by atoms with van der Waals surface area (Å²) in [6.07, 6.45) is 5.30. The summed E-state index contributed by atoms with van der Waals surface area (Å²) in [5.41, 5.74) is 1.27. The van der Waals surface area contributed by atoms with Crippen molar-refractivity contribution in [1.82, 2.24) is 5.32 Å². The molecule has 1 nitrogen and oxygen atoms in total. The van der Waals surface area contributed by atoms with Crippen LogP contribution in [0.1, 0.15) is 30.7 Å². The fourth-order valence-electron chi connectivity index (χ4n) is 2.18. The van der Waals surface area contributed by atoms with Crippen LogP contribution in [0.5, 0.6) is 0 Å². The Balaban J connectivity index is 1.75. The van der Waals surface area contributed by atoms with E-state index in [1.807, 2.05) is 18.2 Å². The molecule has 0 saturated heterocycles. The average Bonchev–Trinajstić information content (AvgIpc) is 2.23. The van der Waals surface area contributed by atoms with Gasteiger partial charge in [-0.15, -0.1) is 6.58 Å². The van der Waals surface area contributed by atoms with Crippen molar-refractivity contribution in [1.29, 1.82) is 0 Å². The van der Waals surface area contributed by atoms with E-state index in [0.29, 0.717) is 12.0 Å². The van der Waals surface area contributed by atoms with Gasteiger partial charge >= 0.3 is 0 Å². The van der Waals surface area contributed by atoms with E-state index in [0.717, 1.165) is 13.0 Å². The molecular formula is C14H18FN. The van der Waals surface area contributed by atoms with E-state index in [4.69, 9.17) is 0 Å². The number of benzene rings is 1. The summed E-state index contributed by atoms with van der Waals surface area (Å²) >= 11 is 0. The molecule has 0 aromatic heterocycles. The number of hydrogen-bond donors (Lipinski definition) is 1. The van der Waals surface area contributed by atoms with Gasteiger partial charge < -0.3 is 5.32 Å². The van der Waals surface area contributed by atoms with Crippen LogP contribution in [0.15, 0.2) is 36.9 Å². The lowest BCUT2D eigenvalue weighted by Crippen LogP contribution is -2.40. The Morgan fingerprint density at radius 3 is 2.62 bits per heavy atom. The summed E-state index contributed by atoms with van der Waals surface area (Å²) < 4.78 is 12.7. The van der Waals surface area contributed by atoms with Crippen LogP contribution < -0.4 is 5.32 Å². The fraction of sp³-hybridized carbons (Fsp3) is 0.429. The molecule has 16 heavy (non-hydrogen) atoms. The normalized spacial score (nSPS) is 23.8. The quantitative estimate of drug-likeness (QED) is 0.592. The zero-order valence-electron chi connectivity index (χ0n) is 9.45. The third kappa shape index (κ3) is 2.70. The van der Waals surface area contributed by atoms with Gasteiger partial charge in [0.15, 0.2) is 0 Å². The Labute approximate surface area is 96.4 Å². The van der Waals surface area contributed by atoms with Crippen molar-refractivity contribution >= 4 is 0 Å². The van der Waals surface area contributed by atoms with Gasteiger partial charge in [0.25, 0.3) is 0 Å². The van der Waals surface area contributed by atoms with Gasteiger partial charge in [-0.3, -0.25) is 0 Å². The van der Waals surface area contributed by atoms with E-state index in [2.05, 4.69) is 11.9 Å². The van der Waals surface area contributed by atoms with E-state index in [-0.39, 0.29) is 5.82 Å². The first-order valence-corrected chi connectivity index (χ1v) is 5.89. The van der Waals surface area contributed by atoms with Crippen molar-refractivity contribution in [3.05, 3.63) is 48.3 Å². The van der Waals surface area contributed by atoms with E-state index < -0.39 is 0 Å². The van der Waals surface area contributed by atoms with Crippen molar-refractivity contribution < 1.29 is 4.39 Å². The van der Waals surface area contributed by atoms with Crippen molar-refractivity contribution in [2.75, 3.05) is 6.54 Å². The molecule has 1 aliphatic rings. The van der Waals surface area contributed by atoms with Crippen LogP contribution >= 0.6 is 0 Å². The van der Waals surface area contributed by atoms with Crippen LogP contribution in [0, 0.1) is 5.82 Å². The zero-order chi connectivity index (χ0) is 11.4. The summed E-state index contributed by atoms with van der Waals surface area (Å²) in [4.78, 5) is 0. The van der Waals surface area contributed by atoms with Crippen molar-refractivity contribution in [2.45, 2.75) is 31.2 Å². The predicted molar refractivity (Wildman–Crippen MR) is 65.0 cm³/mol. The maximum absolute atomic E-state index is 12.7. The third-order valence-electron chi connectivity index (χ3n) is 3.26. The van der Waals surface area contributed by atoms with Crippen LogP contribution in [0.3, 0.4) is 0 Å². The number of nitrogens with one attached hydrogen (secondary N) is 1. The number of halogens is 1. The van der Waals surface area contributed by atoms with Gasteiger partial charge in [-0.2, -0.15) is 0 Å². The third-order valence-corrected chi connectivity index (χ3v) is 3.26. The second-order valence-electron chi connectivity index (χ2n) is 4.45. The molecule has 1 saturated carbocycles. The largest absolute Gasteiger partial charge is 0.314 e. The Bertz CT molecular complexity index is 338. The molecule has 0 radical (unpaired) electrons. The van der Waals surface area contributed by atoms with E-state index in [9.17, 15) is 4.39 Å². The highest BCUT2D eigenvalue weighted by Crippen LogP contribution is 2.36. The standard InChI is InChI=1S/C14H18FN/c1-2-3-8-16-14-9-12(10-14)11-4-6-13(15)7-5-11/h2,4-7,12,14,16H,1,3,8-10H2. The second kappa shape index (κ2) is 5.26. The lowest BCUT2D eigenvalue weighted by molar-refractivity contribution is 0.293. The van der Waals surface area contributed by atoms with Crippen molar-refractivity contribution in [3.63, 3.8) is 0 Å². The summed E-state index contributed by atoms with van der Waals surface area (Å²) in [7, 11) is 0. The van der Waals surface area contributed by atoms with Crippen molar-refractivity contribution in [3.8, 4) is 0 Å². The Kier molecular flexibility index (Phi) is 3.73. The van der Waals surface area contributed by atoms with Crippen LogP contribution in [-0.4, -0.2) is 12.6 Å². The zero-order valence-corrected chi connectivity index (χ0v) is 9.45. The minimum absolute atomic E-state index is 0.149. The Morgan fingerprint density at radius 1 is 1.31 bits per heavy atom. The SMILES string of the molecule is C=CCCNC1CC(c2ccc(F)cc2)C1. The van der Waals surface area contributed by atoms with Crippen molar-refractivity contribution in [2.24, 2.45) is 0 Å². The first kappa shape index (κ1) is 11.3. The lowest BCUT2D eigenvalue weighted by Gasteiger charge is -2.36. The molecule has 1 fully saturated rings. The summed E-state index contributed by atoms with van der Waals surface area (Å²) in [6, 6.07) is 7.54. The molecule has 0 aliphatic heterocycles. The van der Waals surface area contributed by atoms with Gasteiger partial charge in [-0.25, -0.2) is 4.39 Å². The highest BCUT2D eigenvalue weighted by molar-refractivity contribution is 5.23. The molecule has 0 bridgehead atoms. The van der Waals surface area contributed by atoms with Crippen LogP contribution in [0.2, 0.25) is 0 Å². The van der Waals surface area contributed by atoms with Gasteiger partial charge in [0.1, 0.15) is 5.82 Å². The highest BCUT2D eigenvalue weighted by Gasteiger charge is 2.29. The minimum Gasteiger partial charge on any atom is -0.314 e. The molecule has 86 valence electrons. The molecule has 1 aromatic rings. The summed E-state index contributed by atoms with van der Waals surface area (Å²) in [6.45, 7) is 4.71.